The summed E-state index contributed by atoms with van der Waals surface area (Å²) in [5, 5.41) is 11.4. The van der Waals surface area contributed by atoms with E-state index in [1.165, 1.54) is 0 Å². The van der Waals surface area contributed by atoms with Gasteiger partial charge in [0.1, 0.15) is 18.2 Å². The van der Waals surface area contributed by atoms with E-state index in [-0.39, 0.29) is 17.7 Å². The summed E-state index contributed by atoms with van der Waals surface area (Å²) in [6.45, 7) is 0.816. The molecule has 0 aromatic heterocycles. The van der Waals surface area contributed by atoms with E-state index in [0.717, 1.165) is 11.3 Å². The fourth-order valence-electron chi connectivity index (χ4n) is 2.24. The molecule has 0 fully saturated rings. The molecule has 0 bridgehead atoms. The maximum atomic E-state index is 12.3. The number of oxime groups is 1. The molecule has 6 nitrogen and oxygen atoms in total. The van der Waals surface area contributed by atoms with Gasteiger partial charge in [0.15, 0.2) is 0 Å². The summed E-state index contributed by atoms with van der Waals surface area (Å²) in [6, 6.07) is 7.75. The second-order valence-corrected chi connectivity index (χ2v) is 4.92. The summed E-state index contributed by atoms with van der Waals surface area (Å²) in [7, 11) is 1.72. The largest absolute Gasteiger partial charge is 0.492 e. The standard InChI is InChI=1S/C14H19N3O3/c1-17(7-6-13(15)16-19)14(18)11-8-10-4-2-3-5-12(10)20-9-11/h2-5,11,19H,6-9H2,1H3,(H2,15,16). The molecule has 3 N–H and O–H groups in total. The van der Waals surface area contributed by atoms with Crippen molar-refractivity contribution in [1.82, 2.24) is 4.90 Å². The molecule has 1 aliphatic heterocycles. The van der Waals surface area contributed by atoms with Crippen LogP contribution in [0.5, 0.6) is 5.75 Å². The Morgan fingerprint density at radius 2 is 2.30 bits per heavy atom. The van der Waals surface area contributed by atoms with E-state index in [1.807, 2.05) is 24.3 Å². The minimum atomic E-state index is -0.179. The van der Waals surface area contributed by atoms with Crippen LogP contribution in [0.25, 0.3) is 0 Å². The highest BCUT2D eigenvalue weighted by atomic mass is 16.5. The molecule has 1 atom stereocenters. The fraction of sp³-hybridized carbons (Fsp3) is 0.429. The lowest BCUT2D eigenvalue weighted by molar-refractivity contribution is -0.135. The molecular formula is C14H19N3O3. The van der Waals surface area contributed by atoms with Gasteiger partial charge < -0.3 is 20.6 Å². The molecule has 0 saturated carbocycles. The van der Waals surface area contributed by atoms with Crippen LogP contribution in [-0.4, -0.2) is 42.0 Å². The highest BCUT2D eigenvalue weighted by molar-refractivity contribution is 5.82. The minimum absolute atomic E-state index is 0.0187. The summed E-state index contributed by atoms with van der Waals surface area (Å²) in [6.07, 6.45) is 1.03. The molecule has 0 aliphatic carbocycles. The second-order valence-electron chi connectivity index (χ2n) is 4.92. The summed E-state index contributed by atoms with van der Waals surface area (Å²) in [5.41, 5.74) is 6.46. The van der Waals surface area contributed by atoms with Crippen LogP contribution >= 0.6 is 0 Å². The molecule has 20 heavy (non-hydrogen) atoms. The smallest absolute Gasteiger partial charge is 0.229 e. The molecule has 1 heterocycles. The molecule has 1 aliphatic rings. The summed E-state index contributed by atoms with van der Waals surface area (Å²) >= 11 is 0. The van der Waals surface area contributed by atoms with Gasteiger partial charge in [0.2, 0.25) is 5.91 Å². The van der Waals surface area contributed by atoms with Gasteiger partial charge in [0.05, 0.1) is 5.92 Å². The first kappa shape index (κ1) is 14.2. The molecule has 6 heteroatoms. The second kappa shape index (κ2) is 6.27. The average molecular weight is 277 g/mol. The predicted molar refractivity (Wildman–Crippen MR) is 74.8 cm³/mol. The van der Waals surface area contributed by atoms with E-state index in [9.17, 15) is 4.79 Å². The molecule has 1 amide bonds. The van der Waals surface area contributed by atoms with Crippen LogP contribution in [0.2, 0.25) is 0 Å². The first-order valence-electron chi connectivity index (χ1n) is 6.54. The van der Waals surface area contributed by atoms with Crippen LogP contribution in [0.15, 0.2) is 29.4 Å². The average Bonchev–Trinajstić information content (AvgIpc) is 2.50. The Bertz CT molecular complexity index is 516. The minimum Gasteiger partial charge on any atom is -0.492 e. The third-order valence-electron chi connectivity index (χ3n) is 3.44. The van der Waals surface area contributed by atoms with Gasteiger partial charge in [-0.2, -0.15) is 0 Å². The van der Waals surface area contributed by atoms with Crippen LogP contribution in [-0.2, 0) is 11.2 Å². The number of rotatable bonds is 4. The molecule has 108 valence electrons. The molecule has 1 aromatic carbocycles. The number of amidine groups is 1. The van der Waals surface area contributed by atoms with Crippen LogP contribution in [0.3, 0.4) is 0 Å². The molecule has 0 saturated heterocycles. The summed E-state index contributed by atoms with van der Waals surface area (Å²) in [4.78, 5) is 13.9. The van der Waals surface area contributed by atoms with Crippen molar-refractivity contribution in [2.75, 3.05) is 20.2 Å². The molecular weight excluding hydrogens is 258 g/mol. The zero-order valence-corrected chi connectivity index (χ0v) is 11.5. The van der Waals surface area contributed by atoms with Gasteiger partial charge in [-0.3, -0.25) is 4.79 Å². The van der Waals surface area contributed by atoms with Crippen molar-refractivity contribution in [1.29, 1.82) is 0 Å². The highest BCUT2D eigenvalue weighted by Crippen LogP contribution is 2.27. The van der Waals surface area contributed by atoms with Crippen LogP contribution in [0.4, 0.5) is 0 Å². The molecule has 2 rings (SSSR count). The third kappa shape index (κ3) is 3.20. The Labute approximate surface area is 117 Å². The van der Waals surface area contributed by atoms with Gasteiger partial charge in [0, 0.05) is 20.0 Å². The van der Waals surface area contributed by atoms with Crippen molar-refractivity contribution in [3.8, 4) is 5.75 Å². The van der Waals surface area contributed by atoms with Gasteiger partial charge in [-0.25, -0.2) is 0 Å². The number of nitrogens with two attached hydrogens (primary N) is 1. The van der Waals surface area contributed by atoms with Crippen molar-refractivity contribution < 1.29 is 14.7 Å². The quantitative estimate of drug-likeness (QED) is 0.369. The van der Waals surface area contributed by atoms with Crippen LogP contribution < -0.4 is 10.5 Å². The number of hydrogen-bond donors (Lipinski definition) is 2. The normalized spacial score (nSPS) is 18.1. The lowest BCUT2D eigenvalue weighted by Gasteiger charge is -2.28. The Balaban J connectivity index is 1.94. The third-order valence-corrected chi connectivity index (χ3v) is 3.44. The van der Waals surface area contributed by atoms with Gasteiger partial charge in [-0.1, -0.05) is 23.4 Å². The Hall–Kier alpha value is -2.24. The van der Waals surface area contributed by atoms with E-state index in [1.54, 1.807) is 11.9 Å². The summed E-state index contributed by atoms with van der Waals surface area (Å²) < 4.78 is 5.62. The number of para-hydroxylation sites is 1. The first-order chi connectivity index (χ1) is 9.61. The van der Waals surface area contributed by atoms with Crippen molar-refractivity contribution in [3.05, 3.63) is 29.8 Å². The van der Waals surface area contributed by atoms with Gasteiger partial charge in [0.25, 0.3) is 0 Å². The number of ether oxygens (including phenoxy) is 1. The van der Waals surface area contributed by atoms with E-state index in [4.69, 9.17) is 15.7 Å². The molecule has 1 unspecified atom stereocenters. The number of fused-ring (bicyclic) bond motifs is 1. The van der Waals surface area contributed by atoms with Crippen molar-refractivity contribution in [2.24, 2.45) is 16.8 Å². The molecule has 0 radical (unpaired) electrons. The first-order valence-corrected chi connectivity index (χ1v) is 6.54. The predicted octanol–water partition coefficient (Wildman–Crippen LogP) is 0.833. The maximum Gasteiger partial charge on any atom is 0.229 e. The number of hydrogen-bond acceptors (Lipinski definition) is 4. The van der Waals surface area contributed by atoms with Crippen LogP contribution in [0.1, 0.15) is 12.0 Å². The Morgan fingerprint density at radius 3 is 3.05 bits per heavy atom. The summed E-state index contributed by atoms with van der Waals surface area (Å²) in [5.74, 6) is 0.818. The zero-order valence-electron chi connectivity index (χ0n) is 11.5. The van der Waals surface area contributed by atoms with E-state index in [2.05, 4.69) is 5.16 Å². The van der Waals surface area contributed by atoms with E-state index in [0.29, 0.717) is 26.0 Å². The van der Waals surface area contributed by atoms with Gasteiger partial charge >= 0.3 is 0 Å². The number of carbonyl (C=O) groups excluding carboxylic acids is 1. The SMILES string of the molecule is CN(CCC(N)=NO)C(=O)C1COc2ccccc2C1. The number of nitrogens with zero attached hydrogens (tertiary/aromatic N) is 2. The molecule has 0 spiro atoms. The number of amides is 1. The van der Waals surface area contributed by atoms with Crippen molar-refractivity contribution >= 4 is 11.7 Å². The van der Waals surface area contributed by atoms with Gasteiger partial charge in [-0.05, 0) is 18.1 Å². The lowest BCUT2D eigenvalue weighted by atomic mass is 9.95. The zero-order chi connectivity index (χ0) is 14.5. The number of benzene rings is 1. The molecule has 1 aromatic rings. The maximum absolute atomic E-state index is 12.3. The van der Waals surface area contributed by atoms with Crippen molar-refractivity contribution in [2.45, 2.75) is 12.8 Å². The Morgan fingerprint density at radius 1 is 1.55 bits per heavy atom. The van der Waals surface area contributed by atoms with Gasteiger partial charge in [-0.15, -0.1) is 0 Å². The Kier molecular flexibility index (Phi) is 4.45. The monoisotopic (exact) mass is 277 g/mol. The topological polar surface area (TPSA) is 88.1 Å². The lowest BCUT2D eigenvalue weighted by Crippen LogP contribution is -2.39. The van der Waals surface area contributed by atoms with E-state index >= 15 is 0 Å². The highest BCUT2D eigenvalue weighted by Gasteiger charge is 2.27. The van der Waals surface area contributed by atoms with Crippen molar-refractivity contribution in [3.63, 3.8) is 0 Å². The number of carbonyl (C=O) groups is 1. The van der Waals surface area contributed by atoms with Crippen LogP contribution in [0, 0.1) is 5.92 Å². The van der Waals surface area contributed by atoms with E-state index < -0.39 is 0 Å². The fourth-order valence-corrected chi connectivity index (χ4v) is 2.24.